The number of aliphatic hydroxyl groups is 1. The van der Waals surface area contributed by atoms with Crippen LogP contribution in [-0.4, -0.2) is 74.8 Å². The van der Waals surface area contributed by atoms with Crippen LogP contribution in [0.15, 0.2) is 77.7 Å². The summed E-state index contributed by atoms with van der Waals surface area (Å²) in [5.41, 5.74) is 2.32. The van der Waals surface area contributed by atoms with Crippen molar-refractivity contribution < 1.29 is 37.0 Å². The summed E-state index contributed by atoms with van der Waals surface area (Å²) < 4.78 is 53.5. The van der Waals surface area contributed by atoms with Crippen molar-refractivity contribution in [3.05, 3.63) is 89.7 Å². The van der Waals surface area contributed by atoms with E-state index in [1.807, 2.05) is 63.2 Å². The minimum atomic E-state index is -4.26. The Hall–Kier alpha value is -4.00. The molecule has 0 aliphatic carbocycles. The Morgan fingerprint density at radius 3 is 2.51 bits per heavy atom. The van der Waals surface area contributed by atoms with Gasteiger partial charge in [0.05, 0.1) is 30.7 Å². The average molecular weight is 642 g/mol. The van der Waals surface area contributed by atoms with Crippen LogP contribution in [0.3, 0.4) is 0 Å². The molecule has 0 radical (unpaired) electrons. The van der Waals surface area contributed by atoms with Crippen LogP contribution in [0.1, 0.15) is 31.4 Å². The lowest BCUT2D eigenvalue weighted by molar-refractivity contribution is -0.129. The molecule has 45 heavy (non-hydrogen) atoms. The molecular formula is C33H40FN3O7S. The zero-order valence-electron chi connectivity index (χ0n) is 25.9. The highest BCUT2D eigenvalue weighted by atomic mass is 32.2. The summed E-state index contributed by atoms with van der Waals surface area (Å²) in [6.07, 6.45) is -2.36. The minimum Gasteiger partial charge on any atom is -0.494 e. The smallest absolute Gasteiger partial charge is 0.415 e. The van der Waals surface area contributed by atoms with E-state index in [9.17, 15) is 27.5 Å². The number of hydrogen-bond acceptors (Lipinski definition) is 7. The summed E-state index contributed by atoms with van der Waals surface area (Å²) in [5, 5.41) is 14.4. The minimum absolute atomic E-state index is 0.0280. The zero-order valence-corrected chi connectivity index (χ0v) is 26.7. The van der Waals surface area contributed by atoms with E-state index in [4.69, 9.17) is 9.47 Å². The topological polar surface area (TPSA) is 125 Å². The maximum Gasteiger partial charge on any atom is 0.415 e. The fourth-order valence-electron chi connectivity index (χ4n) is 5.07. The Morgan fingerprint density at radius 2 is 1.87 bits per heavy atom. The van der Waals surface area contributed by atoms with Gasteiger partial charge in [-0.25, -0.2) is 17.6 Å². The predicted molar refractivity (Wildman–Crippen MR) is 168 cm³/mol. The van der Waals surface area contributed by atoms with Gasteiger partial charge in [-0.2, -0.15) is 4.31 Å². The van der Waals surface area contributed by atoms with E-state index in [1.165, 1.54) is 24.1 Å². The fourth-order valence-corrected chi connectivity index (χ4v) is 6.66. The molecule has 1 heterocycles. The number of aryl methyl sites for hydroxylation is 1. The second-order valence-electron chi connectivity index (χ2n) is 11.3. The standard InChI is InChI=1S/C33H40FN3O7S/c1-5-22(2)19-36(45(41,42)26-14-15-30(43-4)27(34)18-26)20-29(38)28(17-24-11-7-6-8-12-24)35-32(39)31-21-37(33(40)44-31)25-13-9-10-23(3)16-25/h6-16,18,22,28-29,31,38H,5,17,19-21H2,1-4H3,(H,35,39)/t22-,28-,29+,31-/m0/s1. The van der Waals surface area contributed by atoms with Gasteiger partial charge in [0.25, 0.3) is 5.91 Å². The van der Waals surface area contributed by atoms with E-state index in [0.29, 0.717) is 12.1 Å². The van der Waals surface area contributed by atoms with Gasteiger partial charge in [-0.15, -0.1) is 0 Å². The number of nitrogens with one attached hydrogen (secondary N) is 1. The van der Waals surface area contributed by atoms with E-state index in [2.05, 4.69) is 5.32 Å². The van der Waals surface area contributed by atoms with Crippen molar-refractivity contribution in [1.29, 1.82) is 0 Å². The SMILES string of the molecule is CC[C@H](C)CN(C[C@@H](O)[C@H](Cc1ccccc1)NC(=O)[C@@H]1CN(c2cccc(C)c2)C(=O)O1)S(=O)(=O)c1ccc(OC)c(F)c1. The molecule has 1 aliphatic heterocycles. The number of hydrogen-bond donors (Lipinski definition) is 2. The quantitative estimate of drug-likeness (QED) is 0.269. The highest BCUT2D eigenvalue weighted by molar-refractivity contribution is 7.89. The second-order valence-corrected chi connectivity index (χ2v) is 13.3. The molecule has 0 aromatic heterocycles. The molecule has 3 aromatic rings. The van der Waals surface area contributed by atoms with Gasteiger partial charge in [-0.3, -0.25) is 9.69 Å². The largest absolute Gasteiger partial charge is 0.494 e. The summed E-state index contributed by atoms with van der Waals surface area (Å²) in [7, 11) is -2.98. The van der Waals surface area contributed by atoms with Crippen molar-refractivity contribution in [3.8, 4) is 5.75 Å². The van der Waals surface area contributed by atoms with Gasteiger partial charge in [-0.05, 0) is 60.7 Å². The van der Waals surface area contributed by atoms with E-state index in [0.717, 1.165) is 21.5 Å². The molecule has 2 N–H and O–H groups in total. The van der Waals surface area contributed by atoms with Crippen molar-refractivity contribution >= 4 is 27.7 Å². The molecule has 0 saturated carbocycles. The first kappa shape index (κ1) is 33.9. The normalized spacial score (nSPS) is 17.1. The number of ether oxygens (including phenoxy) is 2. The number of cyclic esters (lactones) is 1. The number of aliphatic hydroxyl groups excluding tert-OH is 1. The van der Waals surface area contributed by atoms with Crippen LogP contribution in [0.2, 0.25) is 0 Å². The van der Waals surface area contributed by atoms with Crippen LogP contribution in [-0.2, 0) is 26.0 Å². The molecule has 0 spiro atoms. The molecule has 1 aliphatic rings. The third-order valence-electron chi connectivity index (χ3n) is 7.87. The lowest BCUT2D eigenvalue weighted by atomic mass is 10.0. The molecule has 4 rings (SSSR count). The molecule has 12 heteroatoms. The van der Waals surface area contributed by atoms with E-state index in [-0.39, 0.29) is 42.6 Å². The van der Waals surface area contributed by atoms with Crippen LogP contribution in [0.25, 0.3) is 0 Å². The number of nitrogens with zero attached hydrogens (tertiary/aromatic N) is 2. The van der Waals surface area contributed by atoms with Crippen LogP contribution in [0, 0.1) is 18.7 Å². The van der Waals surface area contributed by atoms with Gasteiger partial charge < -0.3 is 19.9 Å². The van der Waals surface area contributed by atoms with Crippen molar-refractivity contribution in [2.24, 2.45) is 5.92 Å². The number of carbonyl (C=O) groups is 2. The summed E-state index contributed by atoms with van der Waals surface area (Å²) in [5.74, 6) is -1.63. The summed E-state index contributed by atoms with van der Waals surface area (Å²) in [6, 6.07) is 18.8. The number of rotatable bonds is 14. The number of halogens is 1. The maximum atomic E-state index is 14.5. The first-order valence-electron chi connectivity index (χ1n) is 14.8. The number of methoxy groups -OCH3 is 1. The van der Waals surface area contributed by atoms with Crippen molar-refractivity contribution in [1.82, 2.24) is 9.62 Å². The molecular weight excluding hydrogens is 601 g/mol. The number of sulfonamides is 1. The molecule has 0 bridgehead atoms. The van der Waals surface area contributed by atoms with Gasteiger partial charge in [0.15, 0.2) is 17.7 Å². The Labute approximate surface area is 263 Å². The second kappa shape index (κ2) is 14.9. The van der Waals surface area contributed by atoms with Crippen LogP contribution < -0.4 is 15.0 Å². The van der Waals surface area contributed by atoms with Crippen molar-refractivity contribution in [2.75, 3.05) is 31.6 Å². The van der Waals surface area contributed by atoms with Crippen molar-refractivity contribution in [2.45, 2.75) is 56.8 Å². The lowest BCUT2D eigenvalue weighted by Gasteiger charge is -2.31. The Kier molecular flexibility index (Phi) is 11.2. The third-order valence-corrected chi connectivity index (χ3v) is 9.70. The molecule has 2 amide bonds. The lowest BCUT2D eigenvalue weighted by Crippen LogP contribution is -2.53. The maximum absolute atomic E-state index is 14.5. The number of anilines is 1. The monoisotopic (exact) mass is 641 g/mol. The van der Waals surface area contributed by atoms with Crippen molar-refractivity contribution in [3.63, 3.8) is 0 Å². The predicted octanol–water partition coefficient (Wildman–Crippen LogP) is 4.29. The summed E-state index contributed by atoms with van der Waals surface area (Å²) in [4.78, 5) is 27.2. The number of benzene rings is 3. The fraction of sp³-hybridized carbons (Fsp3) is 0.394. The van der Waals surface area contributed by atoms with E-state index < -0.39 is 46.1 Å². The Balaban J connectivity index is 1.58. The third kappa shape index (κ3) is 8.38. The molecule has 10 nitrogen and oxygen atoms in total. The summed E-state index contributed by atoms with van der Waals surface area (Å²) >= 11 is 0. The van der Waals surface area contributed by atoms with Gasteiger partial charge in [0.2, 0.25) is 10.0 Å². The van der Waals surface area contributed by atoms with E-state index in [1.54, 1.807) is 12.1 Å². The first-order valence-corrected chi connectivity index (χ1v) is 16.3. The van der Waals surface area contributed by atoms with Crippen LogP contribution in [0.4, 0.5) is 14.9 Å². The zero-order chi connectivity index (χ0) is 32.7. The highest BCUT2D eigenvalue weighted by Crippen LogP contribution is 2.26. The first-order chi connectivity index (χ1) is 21.4. The average Bonchev–Trinajstić information content (AvgIpc) is 3.42. The highest BCUT2D eigenvalue weighted by Gasteiger charge is 2.39. The molecule has 1 fully saturated rings. The molecule has 242 valence electrons. The van der Waals surface area contributed by atoms with Crippen LogP contribution >= 0.6 is 0 Å². The molecule has 3 aromatic carbocycles. The number of carbonyl (C=O) groups excluding carboxylic acids is 2. The Bertz CT molecular complexity index is 1590. The van der Waals surface area contributed by atoms with Gasteiger partial charge in [0, 0.05) is 18.8 Å². The van der Waals surface area contributed by atoms with Gasteiger partial charge in [0.1, 0.15) is 0 Å². The van der Waals surface area contributed by atoms with E-state index >= 15 is 0 Å². The van der Waals surface area contributed by atoms with Gasteiger partial charge in [-0.1, -0.05) is 62.7 Å². The summed E-state index contributed by atoms with van der Waals surface area (Å²) in [6.45, 7) is 5.33. The number of amides is 2. The molecule has 0 unspecified atom stereocenters. The molecule has 4 atom stereocenters. The van der Waals surface area contributed by atoms with Gasteiger partial charge >= 0.3 is 6.09 Å². The Morgan fingerprint density at radius 1 is 1.13 bits per heavy atom. The van der Waals surface area contributed by atoms with Crippen LogP contribution in [0.5, 0.6) is 5.75 Å². The molecule has 1 saturated heterocycles.